The lowest BCUT2D eigenvalue weighted by Crippen LogP contribution is -2.33. The molecule has 2 aliphatic carbocycles. The molecule has 30 heavy (non-hydrogen) atoms. The summed E-state index contributed by atoms with van der Waals surface area (Å²) in [5, 5.41) is 19.2. The average molecular weight is 421 g/mol. The lowest BCUT2D eigenvalue weighted by molar-refractivity contribution is -0.385. The van der Waals surface area contributed by atoms with E-state index in [0.717, 1.165) is 50.3 Å². The fraction of sp³-hybridized carbons (Fsp3) is 0.700. The van der Waals surface area contributed by atoms with Gasteiger partial charge in [0.1, 0.15) is 11.9 Å². The Morgan fingerprint density at radius 3 is 1.83 bits per heavy atom. The first kappa shape index (κ1) is 22.2. The molecular weight excluding hydrogens is 388 g/mol. The molecule has 0 radical (unpaired) electrons. The van der Waals surface area contributed by atoms with Crippen LogP contribution in [0.5, 0.6) is 0 Å². The van der Waals surface area contributed by atoms with Gasteiger partial charge in [-0.3, -0.25) is 19.5 Å². The lowest BCUT2D eigenvalue weighted by atomic mass is 9.89. The van der Waals surface area contributed by atoms with Crippen molar-refractivity contribution in [2.45, 2.75) is 77.7 Å². The van der Waals surface area contributed by atoms with Crippen LogP contribution in [0.4, 0.5) is 11.4 Å². The summed E-state index contributed by atoms with van der Waals surface area (Å²) >= 11 is 0. The van der Waals surface area contributed by atoms with E-state index in [1.54, 1.807) is 11.6 Å². The maximum Gasteiger partial charge on any atom is 0.309 e. The Hall–Kier alpha value is -2.46. The molecule has 0 atom stereocenters. The molecule has 10 heteroatoms. The third-order valence-electron chi connectivity index (χ3n) is 5.73. The van der Waals surface area contributed by atoms with Gasteiger partial charge in [-0.15, -0.1) is 0 Å². The maximum absolute atomic E-state index is 10.7. The van der Waals surface area contributed by atoms with Gasteiger partial charge >= 0.3 is 5.69 Å². The molecule has 0 spiro atoms. The Morgan fingerprint density at radius 1 is 1.00 bits per heavy atom. The van der Waals surface area contributed by atoms with E-state index in [9.17, 15) is 10.1 Å². The summed E-state index contributed by atoms with van der Waals surface area (Å²) in [7, 11) is 0. The molecule has 0 bridgehead atoms. The zero-order valence-electron chi connectivity index (χ0n) is 18.2. The van der Waals surface area contributed by atoms with Gasteiger partial charge in [-0.2, -0.15) is 10.2 Å². The van der Waals surface area contributed by atoms with Gasteiger partial charge in [0.15, 0.2) is 0 Å². The van der Waals surface area contributed by atoms with Crippen molar-refractivity contribution in [1.29, 1.82) is 0 Å². The Balaban J connectivity index is 0.000000172. The van der Waals surface area contributed by atoms with Crippen LogP contribution in [0, 0.1) is 24.0 Å². The molecule has 2 aromatic heterocycles. The van der Waals surface area contributed by atoms with E-state index < -0.39 is 4.92 Å². The summed E-state index contributed by atoms with van der Waals surface area (Å²) in [6.07, 6.45) is 8.07. The first-order valence-corrected chi connectivity index (χ1v) is 10.6. The highest BCUT2D eigenvalue weighted by Crippen LogP contribution is 2.35. The van der Waals surface area contributed by atoms with Gasteiger partial charge in [-0.1, -0.05) is 0 Å². The van der Waals surface area contributed by atoms with E-state index in [-0.39, 0.29) is 11.7 Å². The Bertz CT molecular complexity index is 832. The number of nitrogens with zero attached hydrogens (tertiary/aromatic N) is 5. The van der Waals surface area contributed by atoms with Crippen LogP contribution in [0.25, 0.3) is 0 Å². The second kappa shape index (κ2) is 9.57. The number of ether oxygens (including phenoxy) is 2. The van der Waals surface area contributed by atoms with Gasteiger partial charge in [0.2, 0.25) is 0 Å². The van der Waals surface area contributed by atoms with E-state index in [0.29, 0.717) is 23.9 Å². The normalized spacial score (nSPS) is 25.1. The fourth-order valence-corrected chi connectivity index (χ4v) is 3.77. The summed E-state index contributed by atoms with van der Waals surface area (Å²) in [4.78, 5) is 10.3. The first-order chi connectivity index (χ1) is 14.3. The molecule has 2 heterocycles. The van der Waals surface area contributed by atoms with E-state index >= 15 is 0 Å². The van der Waals surface area contributed by atoms with Crippen LogP contribution in [-0.2, 0) is 9.47 Å². The summed E-state index contributed by atoms with van der Waals surface area (Å²) < 4.78 is 14.6. The number of rotatable bonds is 7. The average Bonchev–Trinajstić information content (AvgIpc) is 3.16. The zero-order valence-corrected chi connectivity index (χ0v) is 18.2. The largest absolute Gasteiger partial charge is 0.396 e. The molecule has 2 saturated carbocycles. The Morgan fingerprint density at radius 2 is 1.47 bits per heavy atom. The third-order valence-corrected chi connectivity index (χ3v) is 5.73. The highest BCUT2D eigenvalue weighted by atomic mass is 16.6. The topological polar surface area (TPSA) is 123 Å². The molecule has 4 rings (SSSR count). The molecule has 0 aliphatic heterocycles. The minimum atomic E-state index is -0.391. The van der Waals surface area contributed by atoms with Crippen LogP contribution in [0.1, 0.15) is 63.0 Å². The van der Waals surface area contributed by atoms with Crippen molar-refractivity contribution in [3.05, 3.63) is 33.9 Å². The molecule has 2 aliphatic rings. The van der Waals surface area contributed by atoms with Crippen LogP contribution in [-0.4, -0.2) is 49.9 Å². The Kier molecular flexibility index (Phi) is 7.09. The van der Waals surface area contributed by atoms with Gasteiger partial charge in [-0.05, 0) is 53.4 Å². The molecule has 0 amide bonds. The highest BCUT2D eigenvalue weighted by Gasteiger charge is 2.33. The number of anilines is 1. The molecule has 10 nitrogen and oxygen atoms in total. The predicted octanol–water partition coefficient (Wildman–Crippen LogP) is 3.35. The monoisotopic (exact) mass is 420 g/mol. The molecule has 2 fully saturated rings. The molecular formula is C20H32N6O4. The summed E-state index contributed by atoms with van der Waals surface area (Å²) in [6, 6.07) is 0.742. The maximum atomic E-state index is 10.7. The molecule has 0 unspecified atom stereocenters. The summed E-state index contributed by atoms with van der Waals surface area (Å²) in [5.74, 6) is 0. The second-order valence-corrected chi connectivity index (χ2v) is 7.89. The van der Waals surface area contributed by atoms with Crippen LogP contribution in [0.15, 0.2) is 12.4 Å². The van der Waals surface area contributed by atoms with Crippen molar-refractivity contribution >= 4 is 11.4 Å². The minimum Gasteiger partial charge on any atom is -0.396 e. The fourth-order valence-electron chi connectivity index (χ4n) is 3.77. The standard InChI is InChI=1S/C10H15N3O3.C10H17N3O/c1-3-16-9-4-8(5-9)12-6-10(13(14)15)7(2)11-12;1-3-14-9-4-8(5-9)13-6-10(11)7(2)12-13/h6,8-9H,3-5H2,1-2H3;6,8-9H,3-5,11H2,1-2H3. The van der Waals surface area contributed by atoms with E-state index in [2.05, 4.69) is 10.2 Å². The number of hydrogen-bond acceptors (Lipinski definition) is 7. The van der Waals surface area contributed by atoms with Gasteiger partial charge in [-0.25, -0.2) is 0 Å². The van der Waals surface area contributed by atoms with Crippen LogP contribution < -0.4 is 5.73 Å². The number of nitrogens with two attached hydrogens (primary N) is 1. The van der Waals surface area contributed by atoms with Crippen molar-refractivity contribution < 1.29 is 14.4 Å². The zero-order chi connectivity index (χ0) is 21.8. The molecule has 0 aromatic carbocycles. The van der Waals surface area contributed by atoms with Gasteiger partial charge in [0.05, 0.1) is 40.6 Å². The molecule has 2 N–H and O–H groups in total. The smallest absolute Gasteiger partial charge is 0.309 e. The minimum absolute atomic E-state index is 0.0971. The number of nitrogen functional groups attached to an aromatic ring is 1. The highest BCUT2D eigenvalue weighted by molar-refractivity contribution is 5.39. The number of aryl methyl sites for hydroxylation is 2. The van der Waals surface area contributed by atoms with E-state index in [4.69, 9.17) is 15.2 Å². The summed E-state index contributed by atoms with van der Waals surface area (Å²) in [6.45, 7) is 9.12. The van der Waals surface area contributed by atoms with Crippen molar-refractivity contribution in [3.8, 4) is 0 Å². The second-order valence-electron chi connectivity index (χ2n) is 7.89. The molecule has 0 saturated heterocycles. The van der Waals surface area contributed by atoms with E-state index in [1.807, 2.05) is 31.6 Å². The van der Waals surface area contributed by atoms with E-state index in [1.165, 1.54) is 6.20 Å². The third kappa shape index (κ3) is 4.99. The van der Waals surface area contributed by atoms with Gasteiger partial charge < -0.3 is 15.2 Å². The Labute approximate surface area is 176 Å². The van der Waals surface area contributed by atoms with Crippen molar-refractivity contribution in [1.82, 2.24) is 19.6 Å². The summed E-state index contributed by atoms with van der Waals surface area (Å²) in [5.41, 5.74) is 8.01. The molecule has 166 valence electrons. The van der Waals surface area contributed by atoms with Crippen molar-refractivity contribution in [2.24, 2.45) is 0 Å². The first-order valence-electron chi connectivity index (χ1n) is 10.6. The lowest BCUT2D eigenvalue weighted by Gasteiger charge is -2.34. The van der Waals surface area contributed by atoms with Crippen LogP contribution in [0.2, 0.25) is 0 Å². The predicted molar refractivity (Wildman–Crippen MR) is 112 cm³/mol. The quantitative estimate of drug-likeness (QED) is 0.538. The number of nitro groups is 1. The van der Waals surface area contributed by atoms with Gasteiger partial charge in [0, 0.05) is 19.4 Å². The SMILES string of the molecule is CCOC1CC(n2cc(N)c(C)n2)C1.CCOC1CC(n2cc([N+](=O)[O-])c(C)n2)C1. The van der Waals surface area contributed by atoms with Crippen LogP contribution in [0.3, 0.4) is 0 Å². The number of aromatic nitrogens is 4. The molecule has 2 aromatic rings. The number of hydrogen-bond donors (Lipinski definition) is 1. The van der Waals surface area contributed by atoms with Crippen molar-refractivity contribution in [2.75, 3.05) is 18.9 Å². The van der Waals surface area contributed by atoms with Crippen molar-refractivity contribution in [3.63, 3.8) is 0 Å². The van der Waals surface area contributed by atoms with Crippen LogP contribution >= 0.6 is 0 Å². The van der Waals surface area contributed by atoms with Gasteiger partial charge in [0.25, 0.3) is 0 Å².